The van der Waals surface area contributed by atoms with Crippen molar-refractivity contribution in [2.75, 3.05) is 0 Å². The zero-order valence-electron chi connectivity index (χ0n) is 13.9. The number of nitrogens with zero attached hydrogens (tertiary/aromatic N) is 1. The van der Waals surface area contributed by atoms with E-state index in [-0.39, 0.29) is 18.1 Å². The number of nitrogens with one attached hydrogen (secondary N) is 1. The molecule has 1 N–H and O–H groups in total. The highest BCUT2D eigenvalue weighted by atomic mass is 32.1. The number of benzene rings is 1. The van der Waals surface area contributed by atoms with Crippen molar-refractivity contribution in [3.63, 3.8) is 0 Å². The lowest BCUT2D eigenvalue weighted by atomic mass is 9.88. The molecule has 25 heavy (non-hydrogen) atoms. The third kappa shape index (κ3) is 3.09. The van der Waals surface area contributed by atoms with Gasteiger partial charge in [0.05, 0.1) is 16.5 Å². The number of carbonyl (C=O) groups is 1. The minimum Gasteiger partial charge on any atom is -0.454 e. The van der Waals surface area contributed by atoms with E-state index in [1.165, 1.54) is 4.88 Å². The van der Waals surface area contributed by atoms with Crippen LogP contribution < -0.4 is 5.56 Å². The van der Waals surface area contributed by atoms with Gasteiger partial charge in [0.2, 0.25) is 0 Å². The van der Waals surface area contributed by atoms with E-state index in [0.29, 0.717) is 28.2 Å². The topological polar surface area (TPSA) is 72.0 Å². The second-order valence-electron chi connectivity index (χ2n) is 6.50. The summed E-state index contributed by atoms with van der Waals surface area (Å²) in [6.45, 7) is 2.20. The first-order valence-corrected chi connectivity index (χ1v) is 9.24. The van der Waals surface area contributed by atoms with Crippen molar-refractivity contribution in [1.82, 2.24) is 9.97 Å². The van der Waals surface area contributed by atoms with Crippen molar-refractivity contribution >= 4 is 28.2 Å². The first-order valence-electron chi connectivity index (χ1n) is 8.36. The maximum atomic E-state index is 12.4. The molecular formula is C19H18N2O3S. The molecule has 4 rings (SSSR count). The maximum Gasteiger partial charge on any atom is 0.339 e. The fraction of sp³-hybridized carbons (Fsp3) is 0.316. The van der Waals surface area contributed by atoms with Crippen LogP contribution in [0, 0.1) is 5.92 Å². The van der Waals surface area contributed by atoms with Crippen LogP contribution in [0.25, 0.3) is 10.9 Å². The van der Waals surface area contributed by atoms with Gasteiger partial charge in [-0.15, -0.1) is 11.3 Å². The normalized spacial score (nSPS) is 16.6. The van der Waals surface area contributed by atoms with E-state index in [2.05, 4.69) is 16.9 Å². The van der Waals surface area contributed by atoms with Gasteiger partial charge < -0.3 is 9.72 Å². The molecule has 0 aliphatic heterocycles. The van der Waals surface area contributed by atoms with Gasteiger partial charge >= 0.3 is 5.97 Å². The van der Waals surface area contributed by atoms with Gasteiger partial charge in [0, 0.05) is 10.3 Å². The number of rotatable bonds is 3. The van der Waals surface area contributed by atoms with Crippen molar-refractivity contribution < 1.29 is 9.53 Å². The molecule has 1 aliphatic carbocycles. The lowest BCUT2D eigenvalue weighted by Gasteiger charge is -2.18. The summed E-state index contributed by atoms with van der Waals surface area (Å²) in [5.41, 5.74) is 2.17. The minimum atomic E-state index is -0.345. The fourth-order valence-electron chi connectivity index (χ4n) is 3.26. The molecule has 0 fully saturated rings. The molecule has 0 saturated heterocycles. The number of hydrogen-bond donors (Lipinski definition) is 1. The minimum absolute atomic E-state index is 0.0417. The number of aromatic nitrogens is 2. The van der Waals surface area contributed by atoms with E-state index in [0.717, 1.165) is 24.8 Å². The third-order valence-corrected chi connectivity index (χ3v) is 5.67. The summed E-state index contributed by atoms with van der Waals surface area (Å²) in [4.78, 5) is 32.8. The SMILES string of the molecule is C[C@@H]1CCc2c(C(=O)OCc3nc4ccccc4c(=O)[nH]3)csc2C1. The third-order valence-electron chi connectivity index (χ3n) is 4.62. The summed E-state index contributed by atoms with van der Waals surface area (Å²) < 4.78 is 5.40. The van der Waals surface area contributed by atoms with Gasteiger partial charge in [0.1, 0.15) is 12.4 Å². The van der Waals surface area contributed by atoms with Gasteiger partial charge in [-0.05, 0) is 42.9 Å². The fourth-order valence-corrected chi connectivity index (χ4v) is 4.50. The number of H-pyrrole nitrogens is 1. The molecule has 1 aliphatic rings. The van der Waals surface area contributed by atoms with E-state index < -0.39 is 0 Å². The van der Waals surface area contributed by atoms with Crippen molar-refractivity contribution in [2.24, 2.45) is 5.92 Å². The second-order valence-corrected chi connectivity index (χ2v) is 7.47. The van der Waals surface area contributed by atoms with Crippen LogP contribution in [0.3, 0.4) is 0 Å². The summed E-state index contributed by atoms with van der Waals surface area (Å²) in [6, 6.07) is 7.10. The van der Waals surface area contributed by atoms with Crippen LogP contribution in [0.1, 0.15) is 40.0 Å². The average molecular weight is 354 g/mol. The van der Waals surface area contributed by atoms with E-state index in [4.69, 9.17) is 4.74 Å². The van der Waals surface area contributed by atoms with Gasteiger partial charge in [-0.3, -0.25) is 4.79 Å². The number of esters is 1. The first-order chi connectivity index (χ1) is 12.1. The summed E-state index contributed by atoms with van der Waals surface area (Å²) >= 11 is 1.64. The molecule has 0 saturated carbocycles. The van der Waals surface area contributed by atoms with Gasteiger partial charge in [-0.1, -0.05) is 19.1 Å². The van der Waals surface area contributed by atoms with E-state index >= 15 is 0 Å². The van der Waals surface area contributed by atoms with E-state index in [1.807, 2.05) is 11.4 Å². The molecule has 0 spiro atoms. The summed E-state index contributed by atoms with van der Waals surface area (Å²) in [5.74, 6) is 0.680. The zero-order chi connectivity index (χ0) is 17.4. The molecular weight excluding hydrogens is 336 g/mol. The predicted octanol–water partition coefficient (Wildman–Crippen LogP) is 3.47. The zero-order valence-corrected chi connectivity index (χ0v) is 14.7. The smallest absolute Gasteiger partial charge is 0.339 e. The number of fused-ring (bicyclic) bond motifs is 2. The standard InChI is InChI=1S/C19H18N2O3S/c1-11-6-7-12-14(10-25-16(12)8-11)19(23)24-9-17-20-15-5-3-2-4-13(15)18(22)21-17/h2-5,10-11H,6-9H2,1H3,(H,20,21,22)/t11-/m1/s1. The Morgan fingerprint density at radius 3 is 3.12 bits per heavy atom. The molecule has 0 amide bonds. The number of carbonyl (C=O) groups excluding carboxylic acids is 1. The van der Waals surface area contributed by atoms with Crippen LogP contribution in [0.4, 0.5) is 0 Å². The average Bonchev–Trinajstić information content (AvgIpc) is 3.03. The number of hydrogen-bond acceptors (Lipinski definition) is 5. The number of thiophene rings is 1. The summed E-state index contributed by atoms with van der Waals surface area (Å²) in [7, 11) is 0. The van der Waals surface area contributed by atoms with E-state index in [9.17, 15) is 9.59 Å². The van der Waals surface area contributed by atoms with Gasteiger partial charge in [0.25, 0.3) is 5.56 Å². The van der Waals surface area contributed by atoms with Crippen molar-refractivity contribution in [3.05, 3.63) is 61.8 Å². The molecule has 5 nitrogen and oxygen atoms in total. The van der Waals surface area contributed by atoms with Gasteiger partial charge in [-0.2, -0.15) is 0 Å². The molecule has 0 bridgehead atoms. The predicted molar refractivity (Wildman–Crippen MR) is 97.0 cm³/mol. The quantitative estimate of drug-likeness (QED) is 0.731. The molecule has 2 heterocycles. The molecule has 0 radical (unpaired) electrons. The molecule has 2 aromatic heterocycles. The molecule has 1 atom stereocenters. The lowest BCUT2D eigenvalue weighted by molar-refractivity contribution is 0.0461. The Morgan fingerprint density at radius 2 is 2.24 bits per heavy atom. The van der Waals surface area contributed by atoms with Crippen LogP contribution in [-0.2, 0) is 24.2 Å². The Morgan fingerprint density at radius 1 is 1.40 bits per heavy atom. The van der Waals surface area contributed by atoms with Crippen LogP contribution >= 0.6 is 11.3 Å². The first kappa shape index (κ1) is 16.0. The van der Waals surface area contributed by atoms with Crippen LogP contribution in [0.2, 0.25) is 0 Å². The monoisotopic (exact) mass is 354 g/mol. The van der Waals surface area contributed by atoms with Crippen LogP contribution in [0.5, 0.6) is 0 Å². The Kier molecular flexibility index (Phi) is 4.13. The molecule has 128 valence electrons. The summed E-state index contributed by atoms with van der Waals surface area (Å²) in [6.07, 6.45) is 3.06. The Hall–Kier alpha value is -2.47. The van der Waals surface area contributed by atoms with Crippen LogP contribution in [0.15, 0.2) is 34.4 Å². The van der Waals surface area contributed by atoms with Crippen molar-refractivity contribution in [3.8, 4) is 0 Å². The number of ether oxygens (including phenoxy) is 1. The molecule has 3 aromatic rings. The molecule has 1 aromatic carbocycles. The molecule has 0 unspecified atom stereocenters. The second kappa shape index (κ2) is 6.44. The Bertz CT molecular complexity index is 1010. The van der Waals surface area contributed by atoms with Gasteiger partial charge in [0.15, 0.2) is 0 Å². The molecule has 6 heteroatoms. The van der Waals surface area contributed by atoms with Crippen molar-refractivity contribution in [2.45, 2.75) is 32.8 Å². The number of para-hydroxylation sites is 1. The summed E-state index contributed by atoms with van der Waals surface area (Å²) in [5, 5.41) is 2.42. The maximum absolute atomic E-state index is 12.4. The van der Waals surface area contributed by atoms with Crippen LogP contribution in [-0.4, -0.2) is 15.9 Å². The highest BCUT2D eigenvalue weighted by Gasteiger charge is 2.24. The van der Waals surface area contributed by atoms with Gasteiger partial charge in [-0.25, -0.2) is 9.78 Å². The highest BCUT2D eigenvalue weighted by Crippen LogP contribution is 2.33. The lowest BCUT2D eigenvalue weighted by Crippen LogP contribution is -2.16. The number of aromatic amines is 1. The largest absolute Gasteiger partial charge is 0.454 e. The highest BCUT2D eigenvalue weighted by molar-refractivity contribution is 7.10. The Balaban J connectivity index is 1.52. The van der Waals surface area contributed by atoms with Crippen molar-refractivity contribution in [1.29, 1.82) is 0 Å². The Labute approximate surface area is 148 Å². The van der Waals surface area contributed by atoms with E-state index in [1.54, 1.807) is 29.5 Å².